The maximum Gasteiger partial charge on any atom is 0.241 e. The van der Waals surface area contributed by atoms with Gasteiger partial charge in [0.15, 0.2) is 0 Å². The standard InChI is InChI=1S/C13H18N2O3S2/c1-10-4-5-12(9-14)8-13(10)20(17,18)15-11(2)6-7-19(3)16/h4-5,8,11,15H,6-7H2,1-3H3. The normalized spacial score (nSPS) is 14.5. The number of nitrogens with one attached hydrogen (secondary N) is 1. The smallest absolute Gasteiger partial charge is 0.241 e. The number of rotatable bonds is 6. The van der Waals surface area contributed by atoms with Crippen LogP contribution in [0.2, 0.25) is 0 Å². The zero-order chi connectivity index (χ0) is 15.3. The Morgan fingerprint density at radius 1 is 1.45 bits per heavy atom. The lowest BCUT2D eigenvalue weighted by atomic mass is 10.2. The van der Waals surface area contributed by atoms with Crippen molar-refractivity contribution >= 4 is 20.8 Å². The second-order valence-corrected chi connectivity index (χ2v) is 7.92. The van der Waals surface area contributed by atoms with Crippen LogP contribution in [-0.4, -0.2) is 30.7 Å². The van der Waals surface area contributed by atoms with Crippen molar-refractivity contribution in [2.75, 3.05) is 12.0 Å². The maximum atomic E-state index is 12.3. The highest BCUT2D eigenvalue weighted by Crippen LogP contribution is 2.17. The Kier molecular flexibility index (Phi) is 5.87. The Morgan fingerprint density at radius 3 is 2.65 bits per heavy atom. The van der Waals surface area contributed by atoms with Gasteiger partial charge in [-0.1, -0.05) is 6.07 Å². The fraction of sp³-hybridized carbons (Fsp3) is 0.462. The molecule has 20 heavy (non-hydrogen) atoms. The molecule has 0 saturated carbocycles. The number of benzene rings is 1. The summed E-state index contributed by atoms with van der Waals surface area (Å²) in [6, 6.07) is 6.17. The topological polar surface area (TPSA) is 87.0 Å². The molecule has 110 valence electrons. The van der Waals surface area contributed by atoms with Gasteiger partial charge in [-0.05, 0) is 38.0 Å². The molecule has 7 heteroatoms. The first-order valence-electron chi connectivity index (χ1n) is 6.09. The molecule has 0 heterocycles. The maximum absolute atomic E-state index is 12.3. The fourth-order valence-corrected chi connectivity index (χ4v) is 3.92. The van der Waals surface area contributed by atoms with Crippen molar-refractivity contribution < 1.29 is 12.6 Å². The van der Waals surface area contributed by atoms with E-state index in [-0.39, 0.29) is 10.9 Å². The lowest BCUT2D eigenvalue weighted by Crippen LogP contribution is -2.34. The molecule has 0 radical (unpaired) electrons. The predicted molar refractivity (Wildman–Crippen MR) is 79.2 cm³/mol. The molecule has 2 atom stereocenters. The van der Waals surface area contributed by atoms with Gasteiger partial charge in [0.2, 0.25) is 10.0 Å². The molecule has 0 aromatic heterocycles. The van der Waals surface area contributed by atoms with Crippen molar-refractivity contribution in [3.05, 3.63) is 29.3 Å². The number of aryl methyl sites for hydroxylation is 1. The molecule has 1 N–H and O–H groups in total. The molecule has 0 bridgehead atoms. The third-order valence-electron chi connectivity index (χ3n) is 2.80. The lowest BCUT2D eigenvalue weighted by Gasteiger charge is -2.15. The van der Waals surface area contributed by atoms with E-state index in [0.717, 1.165) is 0 Å². The van der Waals surface area contributed by atoms with Crippen LogP contribution in [0.1, 0.15) is 24.5 Å². The Balaban J connectivity index is 2.94. The van der Waals surface area contributed by atoms with Crippen LogP contribution in [0.4, 0.5) is 0 Å². The molecule has 1 aromatic rings. The largest absolute Gasteiger partial charge is 0.260 e. The molecule has 0 amide bonds. The lowest BCUT2D eigenvalue weighted by molar-refractivity contribution is 0.555. The average molecular weight is 314 g/mol. The molecule has 5 nitrogen and oxygen atoms in total. The Labute approximate surface area is 122 Å². The highest BCUT2D eigenvalue weighted by Gasteiger charge is 2.20. The van der Waals surface area contributed by atoms with E-state index in [1.165, 1.54) is 6.07 Å². The summed E-state index contributed by atoms with van der Waals surface area (Å²) in [5, 5.41) is 8.85. The molecule has 1 rings (SSSR count). The first kappa shape index (κ1) is 16.8. The van der Waals surface area contributed by atoms with Gasteiger partial charge in [-0.2, -0.15) is 5.26 Å². The fourth-order valence-electron chi connectivity index (χ4n) is 1.69. The number of nitrogens with zero attached hydrogens (tertiary/aromatic N) is 1. The molecular weight excluding hydrogens is 296 g/mol. The van der Waals surface area contributed by atoms with Crippen molar-refractivity contribution in [3.8, 4) is 6.07 Å². The molecule has 2 unspecified atom stereocenters. The van der Waals surface area contributed by atoms with Crippen LogP contribution < -0.4 is 4.72 Å². The predicted octanol–water partition coefficient (Wildman–Crippen LogP) is 1.30. The van der Waals surface area contributed by atoms with Crippen LogP contribution >= 0.6 is 0 Å². The summed E-state index contributed by atoms with van der Waals surface area (Å²) < 4.78 is 38.1. The third-order valence-corrected chi connectivity index (χ3v) is 5.34. The van der Waals surface area contributed by atoms with E-state index in [9.17, 15) is 12.6 Å². The summed E-state index contributed by atoms with van der Waals surface area (Å²) in [4.78, 5) is 0.112. The highest BCUT2D eigenvalue weighted by molar-refractivity contribution is 7.89. The van der Waals surface area contributed by atoms with E-state index < -0.39 is 20.8 Å². The van der Waals surface area contributed by atoms with Crippen molar-refractivity contribution in [1.82, 2.24) is 4.72 Å². The SMILES string of the molecule is Cc1ccc(C#N)cc1S(=O)(=O)NC(C)CCS(C)=O. The molecule has 1 aromatic carbocycles. The quantitative estimate of drug-likeness (QED) is 0.857. The van der Waals surface area contributed by atoms with Crippen molar-refractivity contribution in [1.29, 1.82) is 5.26 Å². The van der Waals surface area contributed by atoms with Gasteiger partial charge in [-0.15, -0.1) is 0 Å². The van der Waals surface area contributed by atoms with Gasteiger partial charge in [-0.3, -0.25) is 4.21 Å². The van der Waals surface area contributed by atoms with Gasteiger partial charge in [0, 0.05) is 28.9 Å². The molecule has 0 saturated heterocycles. The zero-order valence-corrected chi connectivity index (χ0v) is 13.3. The van der Waals surface area contributed by atoms with Gasteiger partial charge in [-0.25, -0.2) is 13.1 Å². The van der Waals surface area contributed by atoms with Crippen LogP contribution in [0.15, 0.2) is 23.1 Å². The third kappa shape index (κ3) is 4.71. The monoisotopic (exact) mass is 314 g/mol. The Morgan fingerprint density at radius 2 is 2.10 bits per heavy atom. The van der Waals surface area contributed by atoms with Gasteiger partial charge in [0.25, 0.3) is 0 Å². The Hall–Kier alpha value is -1.23. The van der Waals surface area contributed by atoms with Gasteiger partial charge in [0.05, 0.1) is 16.5 Å². The minimum absolute atomic E-state index is 0.112. The minimum atomic E-state index is -3.67. The summed E-state index contributed by atoms with van der Waals surface area (Å²) in [6.45, 7) is 3.41. The van der Waals surface area contributed by atoms with E-state index in [4.69, 9.17) is 5.26 Å². The van der Waals surface area contributed by atoms with Crippen LogP contribution in [0.3, 0.4) is 0 Å². The number of sulfonamides is 1. The van der Waals surface area contributed by atoms with Crippen molar-refractivity contribution in [2.45, 2.75) is 31.2 Å². The highest BCUT2D eigenvalue weighted by atomic mass is 32.2. The van der Waals surface area contributed by atoms with Crippen molar-refractivity contribution in [2.24, 2.45) is 0 Å². The summed E-state index contributed by atoms with van der Waals surface area (Å²) >= 11 is 0. The molecule has 0 aliphatic rings. The summed E-state index contributed by atoms with van der Waals surface area (Å²) in [5.74, 6) is 0.445. The average Bonchev–Trinajstić information content (AvgIpc) is 2.36. The minimum Gasteiger partial charge on any atom is -0.260 e. The molecule has 0 spiro atoms. The van der Waals surface area contributed by atoms with Gasteiger partial charge >= 0.3 is 0 Å². The molecular formula is C13H18N2O3S2. The second-order valence-electron chi connectivity index (χ2n) is 4.68. The summed E-state index contributed by atoms with van der Waals surface area (Å²) in [6.07, 6.45) is 2.08. The van der Waals surface area contributed by atoms with Gasteiger partial charge < -0.3 is 0 Å². The zero-order valence-electron chi connectivity index (χ0n) is 11.7. The molecule has 0 aliphatic carbocycles. The summed E-state index contributed by atoms with van der Waals surface area (Å²) in [7, 11) is -4.62. The first-order chi connectivity index (χ1) is 9.26. The number of hydrogen-bond acceptors (Lipinski definition) is 4. The van der Waals surface area contributed by atoms with E-state index in [1.807, 2.05) is 6.07 Å². The van der Waals surface area contributed by atoms with Crippen molar-refractivity contribution in [3.63, 3.8) is 0 Å². The first-order valence-corrected chi connectivity index (χ1v) is 9.30. The van der Waals surface area contributed by atoms with Crippen LogP contribution in [0, 0.1) is 18.3 Å². The van der Waals surface area contributed by atoms with Crippen LogP contribution in [0.25, 0.3) is 0 Å². The molecule has 0 fully saturated rings. The number of hydrogen-bond donors (Lipinski definition) is 1. The van der Waals surface area contributed by atoms with E-state index in [2.05, 4.69) is 4.72 Å². The van der Waals surface area contributed by atoms with E-state index >= 15 is 0 Å². The second kappa shape index (κ2) is 6.97. The van der Waals surface area contributed by atoms with E-state index in [1.54, 1.807) is 32.2 Å². The summed E-state index contributed by atoms with van der Waals surface area (Å²) in [5.41, 5.74) is 0.890. The van der Waals surface area contributed by atoms with Crippen LogP contribution in [-0.2, 0) is 20.8 Å². The molecule has 0 aliphatic heterocycles. The van der Waals surface area contributed by atoms with Gasteiger partial charge in [0.1, 0.15) is 0 Å². The number of nitriles is 1. The van der Waals surface area contributed by atoms with Crippen LogP contribution in [0.5, 0.6) is 0 Å². The Bertz CT molecular complexity index is 648. The van der Waals surface area contributed by atoms with E-state index in [0.29, 0.717) is 23.3 Å².